The van der Waals surface area contributed by atoms with E-state index in [2.05, 4.69) is 0 Å². The molecule has 2 aromatic rings. The minimum Gasteiger partial charge on any atom is -0.496 e. The maximum absolute atomic E-state index is 12.8. The molecule has 28 heavy (non-hydrogen) atoms. The predicted octanol–water partition coefficient (Wildman–Crippen LogP) is 4.22. The van der Waals surface area contributed by atoms with Crippen LogP contribution in [0.3, 0.4) is 0 Å². The first kappa shape index (κ1) is 20.2. The van der Waals surface area contributed by atoms with E-state index in [9.17, 15) is 23.1 Å². The van der Waals surface area contributed by atoms with Gasteiger partial charge in [0.2, 0.25) is 0 Å². The average molecular weight is 394 g/mol. The van der Waals surface area contributed by atoms with Gasteiger partial charge in [0.15, 0.2) is 11.4 Å². The normalized spacial score (nSPS) is 20.1. The Morgan fingerprint density at radius 3 is 2.14 bits per heavy atom. The second-order valence-corrected chi connectivity index (χ2v) is 6.75. The summed E-state index contributed by atoms with van der Waals surface area (Å²) in [7, 11) is 3.04. The maximum Gasteiger partial charge on any atom is 0.421 e. The number of carbonyl (C=O) groups excluding carboxylic acids is 1. The van der Waals surface area contributed by atoms with Crippen LogP contribution in [0.25, 0.3) is 0 Å². The van der Waals surface area contributed by atoms with Gasteiger partial charge in [-0.2, -0.15) is 13.2 Å². The second-order valence-electron chi connectivity index (χ2n) is 6.75. The third-order valence-corrected chi connectivity index (χ3v) is 5.26. The van der Waals surface area contributed by atoms with Crippen LogP contribution in [0.4, 0.5) is 13.2 Å². The Hall–Kier alpha value is -2.54. The number of benzene rings is 2. The molecule has 0 bridgehead atoms. The molecule has 0 spiro atoms. The first-order valence-electron chi connectivity index (χ1n) is 8.87. The zero-order chi connectivity index (χ0) is 20.5. The van der Waals surface area contributed by atoms with E-state index in [1.165, 1.54) is 19.2 Å². The lowest BCUT2D eigenvalue weighted by Crippen LogP contribution is -2.40. The highest BCUT2D eigenvalue weighted by atomic mass is 19.4. The van der Waals surface area contributed by atoms with E-state index >= 15 is 0 Å². The molecule has 1 atom stereocenters. The van der Waals surface area contributed by atoms with Gasteiger partial charge in [-0.1, -0.05) is 24.3 Å². The summed E-state index contributed by atoms with van der Waals surface area (Å²) in [6.45, 7) is 0. The summed E-state index contributed by atoms with van der Waals surface area (Å²) >= 11 is 0. The number of aliphatic hydroxyl groups is 1. The number of hydrogen-bond donors (Lipinski definition) is 1. The van der Waals surface area contributed by atoms with Crippen molar-refractivity contribution in [2.45, 2.75) is 37.5 Å². The average Bonchev–Trinajstić information content (AvgIpc) is 3.23. The number of alkyl halides is 3. The van der Waals surface area contributed by atoms with Gasteiger partial charge in [-0.15, -0.1) is 0 Å². The Balaban J connectivity index is 0.000000167. The first-order valence-corrected chi connectivity index (χ1v) is 8.87. The molecular weight excluding hydrogens is 373 g/mol. The van der Waals surface area contributed by atoms with E-state index in [1.807, 2.05) is 18.2 Å². The molecule has 2 aliphatic carbocycles. The third kappa shape index (κ3) is 3.35. The second kappa shape index (κ2) is 7.47. The van der Waals surface area contributed by atoms with E-state index in [4.69, 9.17) is 9.47 Å². The van der Waals surface area contributed by atoms with Crippen LogP contribution in [-0.4, -0.2) is 31.3 Å². The third-order valence-electron chi connectivity index (χ3n) is 5.26. The summed E-state index contributed by atoms with van der Waals surface area (Å²) in [4.78, 5) is 11.3. The van der Waals surface area contributed by atoms with Crippen LogP contribution >= 0.6 is 0 Å². The fourth-order valence-electron chi connectivity index (χ4n) is 3.79. The van der Waals surface area contributed by atoms with E-state index in [1.54, 1.807) is 13.2 Å². The standard InChI is InChI=1S/C11H11F3O2.C10H10O2/c1-16-9-4-2-3-8-7(9)5-6-10(8,15)11(12,13)14;1-12-10-4-2-3-7-8(10)5-6-9(7)11/h2-4,15H,5-6H2,1H3;2-4H,5-6H2,1H3. The predicted molar refractivity (Wildman–Crippen MR) is 96.9 cm³/mol. The lowest BCUT2D eigenvalue weighted by Gasteiger charge is -2.26. The van der Waals surface area contributed by atoms with E-state index in [0.29, 0.717) is 17.7 Å². The summed E-state index contributed by atoms with van der Waals surface area (Å²) in [6.07, 6.45) is -3.35. The Morgan fingerprint density at radius 2 is 1.54 bits per heavy atom. The van der Waals surface area contributed by atoms with Crippen molar-refractivity contribution in [2.75, 3.05) is 14.2 Å². The van der Waals surface area contributed by atoms with E-state index < -0.39 is 11.8 Å². The van der Waals surface area contributed by atoms with Crippen molar-refractivity contribution in [1.82, 2.24) is 0 Å². The van der Waals surface area contributed by atoms with Crippen molar-refractivity contribution in [1.29, 1.82) is 0 Å². The van der Waals surface area contributed by atoms with Gasteiger partial charge in [-0.3, -0.25) is 4.79 Å². The molecule has 0 heterocycles. The van der Waals surface area contributed by atoms with Gasteiger partial charge in [0.25, 0.3) is 0 Å². The largest absolute Gasteiger partial charge is 0.496 e. The van der Waals surface area contributed by atoms with Gasteiger partial charge in [0.1, 0.15) is 11.5 Å². The molecule has 1 unspecified atom stereocenters. The molecule has 7 heteroatoms. The summed E-state index contributed by atoms with van der Waals surface area (Å²) in [5.41, 5.74) is -0.444. The highest BCUT2D eigenvalue weighted by molar-refractivity contribution is 6.01. The highest BCUT2D eigenvalue weighted by Crippen LogP contribution is 2.49. The Kier molecular flexibility index (Phi) is 5.39. The van der Waals surface area contributed by atoms with E-state index in [-0.39, 0.29) is 24.2 Å². The maximum atomic E-state index is 12.8. The molecule has 0 saturated heterocycles. The van der Waals surface area contributed by atoms with Crippen LogP contribution in [0.2, 0.25) is 0 Å². The molecule has 0 aliphatic heterocycles. The van der Waals surface area contributed by atoms with Crippen molar-refractivity contribution in [3.05, 3.63) is 58.7 Å². The summed E-state index contributed by atoms with van der Waals surface area (Å²) in [5.74, 6) is 1.49. The van der Waals surface area contributed by atoms with Crippen LogP contribution in [0.5, 0.6) is 11.5 Å². The zero-order valence-corrected chi connectivity index (χ0v) is 15.6. The molecule has 150 valence electrons. The van der Waals surface area contributed by atoms with Crippen LogP contribution in [-0.2, 0) is 18.4 Å². The number of rotatable bonds is 2. The molecule has 0 radical (unpaired) electrons. The summed E-state index contributed by atoms with van der Waals surface area (Å²) in [6, 6.07) is 9.99. The fraction of sp³-hybridized carbons (Fsp3) is 0.381. The van der Waals surface area contributed by atoms with Gasteiger partial charge >= 0.3 is 6.18 Å². The SMILES string of the molecule is COc1cccc2c1CCC2(O)C(F)(F)F.COc1cccc2c1CCC2=O. The number of ketones is 1. The van der Waals surface area contributed by atoms with Crippen LogP contribution < -0.4 is 9.47 Å². The van der Waals surface area contributed by atoms with Crippen molar-refractivity contribution >= 4 is 5.78 Å². The number of Topliss-reactive ketones (excluding diaryl/α,β-unsaturated/α-hetero) is 1. The Morgan fingerprint density at radius 1 is 0.929 bits per heavy atom. The number of hydrogen-bond acceptors (Lipinski definition) is 4. The number of halogens is 3. The van der Waals surface area contributed by atoms with E-state index in [0.717, 1.165) is 23.3 Å². The fourth-order valence-corrected chi connectivity index (χ4v) is 3.79. The lowest BCUT2D eigenvalue weighted by molar-refractivity contribution is -0.265. The molecule has 0 aromatic heterocycles. The highest BCUT2D eigenvalue weighted by Gasteiger charge is 2.58. The van der Waals surface area contributed by atoms with Crippen LogP contribution in [0.1, 0.15) is 39.9 Å². The summed E-state index contributed by atoms with van der Waals surface area (Å²) < 4.78 is 48.4. The van der Waals surface area contributed by atoms with Crippen molar-refractivity contribution in [2.24, 2.45) is 0 Å². The molecule has 2 aromatic carbocycles. The summed E-state index contributed by atoms with van der Waals surface area (Å²) in [5, 5.41) is 9.72. The molecule has 0 fully saturated rings. The van der Waals surface area contributed by atoms with Gasteiger partial charge in [-0.05, 0) is 37.0 Å². The zero-order valence-electron chi connectivity index (χ0n) is 15.6. The molecule has 0 saturated carbocycles. The minimum absolute atomic E-state index is 0.0839. The molecule has 0 amide bonds. The Bertz CT molecular complexity index is 892. The van der Waals surface area contributed by atoms with Crippen LogP contribution in [0, 0.1) is 0 Å². The molecule has 1 N–H and O–H groups in total. The van der Waals surface area contributed by atoms with Gasteiger partial charge in [-0.25, -0.2) is 0 Å². The van der Waals surface area contributed by atoms with Crippen molar-refractivity contribution in [3.63, 3.8) is 0 Å². The topological polar surface area (TPSA) is 55.8 Å². The van der Waals surface area contributed by atoms with Gasteiger partial charge < -0.3 is 14.6 Å². The van der Waals surface area contributed by atoms with Crippen molar-refractivity contribution < 1.29 is 32.5 Å². The molecule has 2 aliphatic rings. The molecular formula is C21H21F3O4. The smallest absolute Gasteiger partial charge is 0.421 e. The quantitative estimate of drug-likeness (QED) is 0.829. The Labute approximate surface area is 160 Å². The molecule has 4 rings (SSSR count). The lowest BCUT2D eigenvalue weighted by atomic mass is 9.95. The number of ether oxygens (including phenoxy) is 2. The number of carbonyl (C=O) groups is 1. The monoisotopic (exact) mass is 394 g/mol. The first-order chi connectivity index (χ1) is 13.2. The van der Waals surface area contributed by atoms with Crippen molar-refractivity contribution in [3.8, 4) is 11.5 Å². The minimum atomic E-state index is -4.65. The molecule has 4 nitrogen and oxygen atoms in total. The van der Waals surface area contributed by atoms with Gasteiger partial charge in [0, 0.05) is 23.1 Å². The van der Waals surface area contributed by atoms with Gasteiger partial charge in [0.05, 0.1) is 14.2 Å². The number of fused-ring (bicyclic) bond motifs is 2. The van der Waals surface area contributed by atoms with Crippen LogP contribution in [0.15, 0.2) is 36.4 Å². The number of methoxy groups -OCH3 is 2.